The lowest BCUT2D eigenvalue weighted by Crippen LogP contribution is -2.44. The van der Waals surface area contributed by atoms with Gasteiger partial charge >= 0.3 is 0 Å². The van der Waals surface area contributed by atoms with Crippen LogP contribution in [0.1, 0.15) is 28.8 Å². The lowest BCUT2D eigenvalue weighted by Gasteiger charge is -2.22. The van der Waals surface area contributed by atoms with Gasteiger partial charge in [-0.15, -0.1) is 0 Å². The fourth-order valence-electron chi connectivity index (χ4n) is 3.75. The minimum absolute atomic E-state index is 0.151. The van der Waals surface area contributed by atoms with Crippen LogP contribution in [-0.2, 0) is 11.5 Å². The topological polar surface area (TPSA) is 86.1 Å². The zero-order chi connectivity index (χ0) is 18.3. The van der Waals surface area contributed by atoms with Gasteiger partial charge in [0, 0.05) is 17.6 Å². The summed E-state index contributed by atoms with van der Waals surface area (Å²) < 4.78 is 12.9. The van der Waals surface area contributed by atoms with E-state index >= 15 is 0 Å². The van der Waals surface area contributed by atoms with Crippen LogP contribution in [0.4, 0.5) is 4.39 Å². The molecule has 2 heterocycles. The number of pyridine rings is 1. The van der Waals surface area contributed by atoms with E-state index in [2.05, 4.69) is 16.4 Å². The van der Waals surface area contributed by atoms with Gasteiger partial charge in [0.15, 0.2) is 0 Å². The van der Waals surface area contributed by atoms with E-state index in [0.717, 1.165) is 12.8 Å². The number of nitriles is 1. The Labute approximate surface area is 149 Å². The molecule has 7 heteroatoms. The summed E-state index contributed by atoms with van der Waals surface area (Å²) in [7, 11) is 0. The van der Waals surface area contributed by atoms with Crippen molar-refractivity contribution in [3.8, 4) is 6.07 Å². The van der Waals surface area contributed by atoms with Gasteiger partial charge in [-0.05, 0) is 42.5 Å². The Bertz CT molecular complexity index is 939. The first-order chi connectivity index (χ1) is 12.6. The number of nitrogens with zero attached hydrogens (tertiary/aromatic N) is 3. The van der Waals surface area contributed by atoms with E-state index in [1.807, 2.05) is 0 Å². The van der Waals surface area contributed by atoms with Gasteiger partial charge in [0.25, 0.3) is 5.91 Å². The molecule has 0 unspecified atom stereocenters. The molecule has 26 heavy (non-hydrogen) atoms. The van der Waals surface area contributed by atoms with Gasteiger partial charge < -0.3 is 10.2 Å². The summed E-state index contributed by atoms with van der Waals surface area (Å²) in [4.78, 5) is 30.8. The maximum absolute atomic E-state index is 12.9. The van der Waals surface area contributed by atoms with E-state index in [1.54, 1.807) is 29.2 Å². The van der Waals surface area contributed by atoms with Crippen LogP contribution in [0, 0.1) is 17.2 Å². The molecule has 6 nitrogen and oxygen atoms in total. The van der Waals surface area contributed by atoms with Gasteiger partial charge in [-0.2, -0.15) is 5.26 Å². The second kappa shape index (κ2) is 6.37. The molecule has 0 spiro atoms. The van der Waals surface area contributed by atoms with Crippen molar-refractivity contribution in [3.05, 3.63) is 41.6 Å². The third-order valence-electron chi connectivity index (χ3n) is 5.15. The maximum atomic E-state index is 12.9. The standard InChI is InChI=1S/C19H17FN4O2/c20-8-11-1-2-16-15(5-11)14(3-4-22-16)19(26)23-10-18(25)24-13(9-21)6-12-7-17(12)24/h1-5,12-13,17H,6-8,10H2,(H,23,26)/t12-,13+,17+/m1/s1. The Morgan fingerprint density at radius 3 is 2.96 bits per heavy atom. The average molecular weight is 352 g/mol. The lowest BCUT2D eigenvalue weighted by atomic mass is 10.1. The summed E-state index contributed by atoms with van der Waals surface area (Å²) in [5, 5.41) is 12.4. The quantitative estimate of drug-likeness (QED) is 0.911. The van der Waals surface area contributed by atoms with Crippen LogP contribution in [0.5, 0.6) is 0 Å². The maximum Gasteiger partial charge on any atom is 0.252 e. The van der Waals surface area contributed by atoms with E-state index in [1.165, 1.54) is 6.20 Å². The molecule has 1 saturated heterocycles. The molecule has 2 fully saturated rings. The van der Waals surface area contributed by atoms with Crippen LogP contribution in [-0.4, -0.2) is 40.3 Å². The summed E-state index contributed by atoms with van der Waals surface area (Å²) in [6.45, 7) is -0.787. The third-order valence-corrected chi connectivity index (χ3v) is 5.15. The van der Waals surface area contributed by atoms with Crippen molar-refractivity contribution in [3.63, 3.8) is 0 Å². The van der Waals surface area contributed by atoms with Gasteiger partial charge in [0.2, 0.25) is 5.91 Å². The van der Waals surface area contributed by atoms with Gasteiger partial charge in [0.05, 0.1) is 23.7 Å². The number of nitrogens with one attached hydrogen (secondary N) is 1. The molecule has 1 aromatic carbocycles. The SMILES string of the molecule is N#C[C@@H]1C[C@@H]2C[C@@H]2N1C(=O)CNC(=O)c1ccnc2ccc(CF)cc12. The van der Waals surface area contributed by atoms with Crippen LogP contribution in [0.3, 0.4) is 0 Å². The molecule has 4 rings (SSSR count). The molecule has 1 aliphatic heterocycles. The van der Waals surface area contributed by atoms with Gasteiger partial charge in [0.1, 0.15) is 12.7 Å². The number of rotatable bonds is 4. The number of carbonyl (C=O) groups excluding carboxylic acids is 2. The average Bonchev–Trinajstić information content (AvgIpc) is 3.34. The number of amides is 2. The molecular formula is C19H17FN4O2. The van der Waals surface area contributed by atoms with E-state index in [-0.39, 0.29) is 18.5 Å². The largest absolute Gasteiger partial charge is 0.343 e. The van der Waals surface area contributed by atoms with Crippen molar-refractivity contribution in [1.82, 2.24) is 15.2 Å². The van der Waals surface area contributed by atoms with Crippen LogP contribution in [0.2, 0.25) is 0 Å². The highest BCUT2D eigenvalue weighted by Gasteiger charge is 2.53. The molecule has 1 saturated carbocycles. The molecule has 0 bridgehead atoms. The van der Waals surface area contributed by atoms with Crippen molar-refractivity contribution in [1.29, 1.82) is 5.26 Å². The first-order valence-corrected chi connectivity index (χ1v) is 8.55. The number of piperidine rings is 1. The van der Waals surface area contributed by atoms with Crippen LogP contribution in [0.15, 0.2) is 30.5 Å². The monoisotopic (exact) mass is 352 g/mol. The highest BCUT2D eigenvalue weighted by Crippen LogP contribution is 2.47. The Hall–Kier alpha value is -3.01. The Morgan fingerprint density at radius 1 is 1.35 bits per heavy atom. The van der Waals surface area contributed by atoms with E-state index in [4.69, 9.17) is 0 Å². The van der Waals surface area contributed by atoms with E-state index in [9.17, 15) is 19.2 Å². The lowest BCUT2D eigenvalue weighted by molar-refractivity contribution is -0.131. The fraction of sp³-hybridized carbons (Fsp3) is 0.368. The summed E-state index contributed by atoms with van der Waals surface area (Å²) >= 11 is 0. The zero-order valence-corrected chi connectivity index (χ0v) is 14.0. The number of alkyl halides is 1. The predicted octanol–water partition coefficient (Wildman–Crippen LogP) is 1.95. The first kappa shape index (κ1) is 16.5. The summed E-state index contributed by atoms with van der Waals surface area (Å²) in [5.74, 6) is -0.220. The number of hydrogen-bond acceptors (Lipinski definition) is 4. The van der Waals surface area contributed by atoms with Gasteiger partial charge in [-0.25, -0.2) is 4.39 Å². The van der Waals surface area contributed by atoms with Gasteiger partial charge in [-0.3, -0.25) is 14.6 Å². The predicted molar refractivity (Wildman–Crippen MR) is 91.6 cm³/mol. The highest BCUT2D eigenvalue weighted by atomic mass is 19.1. The zero-order valence-electron chi connectivity index (χ0n) is 14.0. The molecule has 1 aliphatic carbocycles. The number of carbonyl (C=O) groups is 2. The van der Waals surface area contributed by atoms with Gasteiger partial charge in [-0.1, -0.05) is 6.07 Å². The molecular weight excluding hydrogens is 335 g/mol. The molecule has 132 valence electrons. The van der Waals surface area contributed by atoms with E-state index < -0.39 is 18.6 Å². The number of halogens is 1. The van der Waals surface area contributed by atoms with Crippen LogP contribution in [0.25, 0.3) is 10.9 Å². The molecule has 2 aromatic rings. The van der Waals surface area contributed by atoms with Crippen molar-refractivity contribution in [2.75, 3.05) is 6.54 Å². The second-order valence-corrected chi connectivity index (χ2v) is 6.77. The van der Waals surface area contributed by atoms with Crippen molar-refractivity contribution in [2.24, 2.45) is 5.92 Å². The minimum atomic E-state index is -0.628. The number of hydrogen-bond donors (Lipinski definition) is 1. The molecule has 2 amide bonds. The smallest absolute Gasteiger partial charge is 0.252 e. The molecule has 0 radical (unpaired) electrons. The van der Waals surface area contributed by atoms with Crippen molar-refractivity contribution < 1.29 is 14.0 Å². The van der Waals surface area contributed by atoms with Crippen molar-refractivity contribution in [2.45, 2.75) is 31.6 Å². The number of benzene rings is 1. The fourth-order valence-corrected chi connectivity index (χ4v) is 3.75. The Kier molecular flexibility index (Phi) is 4.03. The highest BCUT2D eigenvalue weighted by molar-refractivity contribution is 6.07. The summed E-state index contributed by atoms with van der Waals surface area (Å²) in [6.07, 6.45) is 3.18. The number of likely N-dealkylation sites (tertiary alicyclic amines) is 1. The van der Waals surface area contributed by atoms with E-state index in [0.29, 0.717) is 27.9 Å². The Balaban J connectivity index is 1.49. The molecule has 1 N–H and O–H groups in total. The molecule has 1 aromatic heterocycles. The van der Waals surface area contributed by atoms with Crippen molar-refractivity contribution >= 4 is 22.7 Å². The summed E-state index contributed by atoms with van der Waals surface area (Å²) in [5.41, 5.74) is 1.40. The third kappa shape index (κ3) is 2.77. The molecule has 2 aliphatic rings. The normalized spacial score (nSPS) is 23.4. The van der Waals surface area contributed by atoms with Crippen LogP contribution < -0.4 is 5.32 Å². The Morgan fingerprint density at radius 2 is 2.19 bits per heavy atom. The van der Waals surface area contributed by atoms with Crippen LogP contribution >= 0.6 is 0 Å². The second-order valence-electron chi connectivity index (χ2n) is 6.77. The number of aromatic nitrogens is 1. The minimum Gasteiger partial charge on any atom is -0.343 e. The first-order valence-electron chi connectivity index (χ1n) is 8.55. The number of fused-ring (bicyclic) bond motifs is 2. The summed E-state index contributed by atoms with van der Waals surface area (Å²) in [6, 6.07) is 8.36. The molecule has 3 atom stereocenters.